The van der Waals surface area contributed by atoms with Crippen LogP contribution in [0.1, 0.15) is 16.8 Å². The minimum absolute atomic E-state index is 0.173. The molecule has 3 aromatic heterocycles. The summed E-state index contributed by atoms with van der Waals surface area (Å²) in [5, 5.41) is 1.03. The lowest BCUT2D eigenvalue weighted by molar-refractivity contribution is -0.113. The number of amides is 1. The molecule has 1 amide bonds. The standard InChI is InChI=1S/C30H22ClN5O3S3/c1-17-8-7-15-34-25(17)32-26(41-21-13-11-19(31)12-14-21)22(27(34)37)16-23-28(38)35(30(40)42-23)24-18(2)33(3)36(29(24)39)20-9-5-4-6-10-20/h4-16H,1-3H3. The molecular formula is C30H22ClN5O3S3. The number of thiocarbonyl (C=S) groups is 1. The summed E-state index contributed by atoms with van der Waals surface area (Å²) in [6.45, 7) is 3.65. The Morgan fingerprint density at radius 2 is 1.67 bits per heavy atom. The van der Waals surface area contributed by atoms with Gasteiger partial charge in [-0.3, -0.25) is 28.4 Å². The van der Waals surface area contributed by atoms with E-state index in [1.165, 1.54) is 31.8 Å². The number of anilines is 1. The molecule has 12 heteroatoms. The highest BCUT2D eigenvalue weighted by molar-refractivity contribution is 8.27. The van der Waals surface area contributed by atoms with E-state index in [2.05, 4.69) is 0 Å². The van der Waals surface area contributed by atoms with Gasteiger partial charge in [0.2, 0.25) is 0 Å². The van der Waals surface area contributed by atoms with Crippen molar-refractivity contribution in [3.63, 3.8) is 0 Å². The van der Waals surface area contributed by atoms with Gasteiger partial charge in [0.05, 0.1) is 21.8 Å². The largest absolute Gasteiger partial charge is 0.296 e. The van der Waals surface area contributed by atoms with Crippen LogP contribution in [0.3, 0.4) is 0 Å². The van der Waals surface area contributed by atoms with Crippen molar-refractivity contribution >= 4 is 75.0 Å². The maximum absolute atomic E-state index is 13.9. The third-order valence-corrected chi connectivity index (χ3v) is 9.46. The van der Waals surface area contributed by atoms with E-state index >= 15 is 0 Å². The molecule has 2 aromatic carbocycles. The minimum Gasteiger partial charge on any atom is -0.283 e. The van der Waals surface area contributed by atoms with Crippen molar-refractivity contribution in [1.82, 2.24) is 18.7 Å². The van der Waals surface area contributed by atoms with Gasteiger partial charge in [-0.15, -0.1) is 0 Å². The molecule has 0 unspecified atom stereocenters. The summed E-state index contributed by atoms with van der Waals surface area (Å²) >= 11 is 14.0. The van der Waals surface area contributed by atoms with E-state index < -0.39 is 5.91 Å². The van der Waals surface area contributed by atoms with Crippen molar-refractivity contribution in [2.45, 2.75) is 23.8 Å². The fourth-order valence-corrected chi connectivity index (χ4v) is 6.97. The van der Waals surface area contributed by atoms with Crippen molar-refractivity contribution in [3.05, 3.63) is 120 Å². The van der Waals surface area contributed by atoms with E-state index in [0.717, 1.165) is 22.2 Å². The zero-order valence-corrected chi connectivity index (χ0v) is 25.8. The van der Waals surface area contributed by atoms with Gasteiger partial charge in [0.15, 0.2) is 4.32 Å². The number of nitrogens with zero attached hydrogens (tertiary/aromatic N) is 5. The van der Waals surface area contributed by atoms with Gasteiger partial charge in [0, 0.05) is 23.2 Å². The van der Waals surface area contributed by atoms with E-state index in [1.54, 1.807) is 43.0 Å². The quantitative estimate of drug-likeness (QED) is 0.133. The molecule has 0 aliphatic carbocycles. The predicted molar refractivity (Wildman–Crippen MR) is 173 cm³/mol. The summed E-state index contributed by atoms with van der Waals surface area (Å²) in [7, 11) is 1.75. The van der Waals surface area contributed by atoms with Crippen LogP contribution in [0.15, 0.2) is 97.3 Å². The number of benzene rings is 2. The zero-order chi connectivity index (χ0) is 29.7. The van der Waals surface area contributed by atoms with Crippen molar-refractivity contribution in [2.75, 3.05) is 4.90 Å². The fourth-order valence-electron chi connectivity index (χ4n) is 4.71. The summed E-state index contributed by atoms with van der Waals surface area (Å²) in [6, 6.07) is 20.0. The number of halogens is 1. The summed E-state index contributed by atoms with van der Waals surface area (Å²) in [4.78, 5) is 48.4. The summed E-state index contributed by atoms with van der Waals surface area (Å²) in [6.07, 6.45) is 3.17. The maximum atomic E-state index is 13.9. The van der Waals surface area contributed by atoms with Crippen molar-refractivity contribution in [1.29, 1.82) is 0 Å². The number of pyridine rings is 1. The smallest absolute Gasteiger partial charge is 0.283 e. The molecule has 0 N–H and O–H groups in total. The first-order valence-corrected chi connectivity index (χ1v) is 15.1. The Kier molecular flexibility index (Phi) is 7.44. The Morgan fingerprint density at radius 1 is 0.952 bits per heavy atom. The number of para-hydroxylation sites is 1. The molecule has 5 aromatic rings. The highest BCUT2D eigenvalue weighted by atomic mass is 35.5. The number of carbonyl (C=O) groups excluding carboxylic acids is 1. The molecule has 0 radical (unpaired) electrons. The third kappa shape index (κ3) is 4.82. The van der Waals surface area contributed by atoms with Gasteiger partial charge in [-0.05, 0) is 68.0 Å². The average molecular weight is 632 g/mol. The molecule has 6 rings (SSSR count). The topological polar surface area (TPSA) is 81.6 Å². The van der Waals surface area contributed by atoms with Crippen LogP contribution in [0.25, 0.3) is 17.4 Å². The van der Waals surface area contributed by atoms with Gasteiger partial charge in [0.1, 0.15) is 16.4 Å². The van der Waals surface area contributed by atoms with E-state index in [-0.39, 0.29) is 31.6 Å². The number of carbonyl (C=O) groups is 1. The van der Waals surface area contributed by atoms with Crippen LogP contribution >= 0.6 is 47.3 Å². The number of hydrogen-bond donors (Lipinski definition) is 0. The molecule has 1 aliphatic rings. The number of thioether (sulfide) groups is 1. The molecule has 0 spiro atoms. The van der Waals surface area contributed by atoms with Crippen LogP contribution in [0, 0.1) is 13.8 Å². The van der Waals surface area contributed by atoms with Gasteiger partial charge in [-0.25, -0.2) is 9.67 Å². The third-order valence-electron chi connectivity index (χ3n) is 6.89. The van der Waals surface area contributed by atoms with Crippen molar-refractivity contribution < 1.29 is 4.79 Å². The lowest BCUT2D eigenvalue weighted by atomic mass is 10.2. The fraction of sp³-hybridized carbons (Fsp3) is 0.100. The van der Waals surface area contributed by atoms with E-state index in [4.69, 9.17) is 28.8 Å². The van der Waals surface area contributed by atoms with Crippen LogP contribution in [0.2, 0.25) is 5.02 Å². The molecule has 0 bridgehead atoms. The predicted octanol–water partition coefficient (Wildman–Crippen LogP) is 6.01. The van der Waals surface area contributed by atoms with Crippen LogP contribution in [-0.4, -0.2) is 29.0 Å². The first-order chi connectivity index (χ1) is 20.2. The van der Waals surface area contributed by atoms with Crippen LogP contribution in [-0.2, 0) is 11.8 Å². The molecule has 210 valence electrons. The number of hydrogen-bond acceptors (Lipinski definition) is 7. The van der Waals surface area contributed by atoms with Crippen LogP contribution < -0.4 is 16.0 Å². The Morgan fingerprint density at radius 3 is 2.38 bits per heavy atom. The normalized spacial score (nSPS) is 14.5. The number of rotatable bonds is 5. The Bertz CT molecular complexity index is 2060. The summed E-state index contributed by atoms with van der Waals surface area (Å²) < 4.78 is 4.86. The molecule has 42 heavy (non-hydrogen) atoms. The van der Waals surface area contributed by atoms with Crippen LogP contribution in [0.4, 0.5) is 5.69 Å². The van der Waals surface area contributed by atoms with Crippen LogP contribution in [0.5, 0.6) is 0 Å². The first kappa shape index (κ1) is 28.2. The van der Waals surface area contributed by atoms with Crippen molar-refractivity contribution in [2.24, 2.45) is 7.05 Å². The van der Waals surface area contributed by atoms with Gasteiger partial charge in [-0.2, -0.15) is 0 Å². The van der Waals surface area contributed by atoms with Gasteiger partial charge in [-0.1, -0.05) is 71.6 Å². The average Bonchev–Trinajstić information content (AvgIpc) is 3.37. The van der Waals surface area contributed by atoms with Gasteiger partial charge >= 0.3 is 0 Å². The second-order valence-corrected chi connectivity index (χ2v) is 12.7. The second-order valence-electron chi connectivity index (χ2n) is 9.50. The molecule has 0 atom stereocenters. The molecule has 1 aliphatic heterocycles. The van der Waals surface area contributed by atoms with Crippen molar-refractivity contribution in [3.8, 4) is 5.69 Å². The Labute approximate surface area is 259 Å². The Balaban J connectivity index is 1.47. The first-order valence-electron chi connectivity index (χ1n) is 12.7. The minimum atomic E-state index is -0.479. The molecule has 8 nitrogen and oxygen atoms in total. The molecule has 1 saturated heterocycles. The number of aryl methyl sites for hydroxylation is 1. The van der Waals surface area contributed by atoms with Gasteiger partial charge < -0.3 is 0 Å². The highest BCUT2D eigenvalue weighted by Gasteiger charge is 2.38. The Hall–Kier alpha value is -3.90. The summed E-state index contributed by atoms with van der Waals surface area (Å²) in [5.41, 5.74) is 2.30. The lowest BCUT2D eigenvalue weighted by Gasteiger charge is -2.12. The maximum Gasteiger partial charge on any atom is 0.296 e. The van der Waals surface area contributed by atoms with E-state index in [1.807, 2.05) is 55.5 Å². The van der Waals surface area contributed by atoms with Gasteiger partial charge in [0.25, 0.3) is 17.0 Å². The molecular weight excluding hydrogens is 610 g/mol. The molecule has 1 fully saturated rings. The lowest BCUT2D eigenvalue weighted by Crippen LogP contribution is -2.33. The monoisotopic (exact) mass is 631 g/mol. The molecule has 4 heterocycles. The SMILES string of the molecule is Cc1cccn2c(=O)c(C=C3SC(=S)N(c4c(C)n(C)n(-c5ccccc5)c4=O)C3=O)c(Sc3ccc(Cl)cc3)nc12. The highest BCUT2D eigenvalue weighted by Crippen LogP contribution is 2.38. The number of aromatic nitrogens is 4. The van der Waals surface area contributed by atoms with E-state index in [0.29, 0.717) is 27.1 Å². The zero-order valence-electron chi connectivity index (χ0n) is 22.6. The summed E-state index contributed by atoms with van der Waals surface area (Å²) in [5.74, 6) is -0.479. The molecule has 0 saturated carbocycles. The van der Waals surface area contributed by atoms with E-state index in [9.17, 15) is 14.4 Å². The second kappa shape index (κ2) is 11.1. The number of fused-ring (bicyclic) bond motifs is 1.